The number of amides is 1. The molecule has 0 atom stereocenters. The lowest BCUT2D eigenvalue weighted by molar-refractivity contribution is 0.0693. The maximum Gasteiger partial charge on any atom is 0.263 e. The first-order chi connectivity index (χ1) is 13.8. The summed E-state index contributed by atoms with van der Waals surface area (Å²) in [6.07, 6.45) is 3.81. The minimum Gasteiger partial charge on any atom is -0.339 e. The maximum absolute atomic E-state index is 13.1. The smallest absolute Gasteiger partial charge is 0.263 e. The quantitative estimate of drug-likeness (QED) is 0.608. The second-order valence-corrected chi connectivity index (χ2v) is 11.8. The summed E-state index contributed by atoms with van der Waals surface area (Å²) < 4.78 is 28.9. The summed E-state index contributed by atoms with van der Waals surface area (Å²) >= 11 is 4.13. The number of benzene rings is 1. The summed E-state index contributed by atoms with van der Waals surface area (Å²) in [7, 11) is -3.87. The van der Waals surface area contributed by atoms with Gasteiger partial charge in [-0.3, -0.25) is 9.52 Å². The van der Waals surface area contributed by atoms with E-state index in [4.69, 9.17) is 0 Å². The Labute approximate surface area is 184 Å². The van der Waals surface area contributed by atoms with E-state index in [1.54, 1.807) is 6.07 Å². The molecule has 1 aliphatic heterocycles. The third-order valence-corrected chi connectivity index (χ3v) is 8.79. The van der Waals surface area contributed by atoms with E-state index in [1.165, 1.54) is 47.0 Å². The zero-order valence-corrected chi connectivity index (χ0v) is 19.8. The van der Waals surface area contributed by atoms with Gasteiger partial charge in [0.25, 0.3) is 15.9 Å². The molecule has 0 spiro atoms. The topological polar surface area (TPSA) is 92.3 Å². The Hall–Kier alpha value is -1.30. The van der Waals surface area contributed by atoms with E-state index >= 15 is 0 Å². The van der Waals surface area contributed by atoms with Gasteiger partial charge in [0.2, 0.25) is 5.13 Å². The molecular formula is C18H24N4O3S4. The Bertz CT molecular complexity index is 969. The number of hydrogen-bond acceptors (Lipinski definition) is 8. The fourth-order valence-corrected chi connectivity index (χ4v) is 6.49. The maximum atomic E-state index is 13.1. The van der Waals surface area contributed by atoms with Gasteiger partial charge < -0.3 is 4.90 Å². The molecule has 1 aromatic carbocycles. The van der Waals surface area contributed by atoms with Crippen LogP contribution >= 0.6 is 34.9 Å². The third kappa shape index (κ3) is 5.44. The van der Waals surface area contributed by atoms with Crippen molar-refractivity contribution in [2.75, 3.05) is 29.8 Å². The van der Waals surface area contributed by atoms with Gasteiger partial charge in [-0.15, -0.1) is 22.0 Å². The average Bonchev–Trinajstić information content (AvgIpc) is 3.14. The van der Waals surface area contributed by atoms with Crippen molar-refractivity contribution in [3.05, 3.63) is 23.8 Å². The summed E-state index contributed by atoms with van der Waals surface area (Å²) in [6, 6.07) is 4.68. The lowest BCUT2D eigenvalue weighted by Crippen LogP contribution is -2.38. The largest absolute Gasteiger partial charge is 0.339 e. The zero-order chi connectivity index (χ0) is 21.0. The standard InChI is InChI=1S/C18H24N4O3S4/c1-4-27-18-20-19-17(28-18)21-29(24,25)13-5-6-15(26-3)14(11-13)16(23)22-9-7-12(2)8-10-22/h5-6,11-12H,4,7-10H2,1-3H3,(H,19,21). The molecule has 1 aliphatic rings. The van der Waals surface area contributed by atoms with Crippen LogP contribution in [-0.2, 0) is 10.0 Å². The van der Waals surface area contributed by atoms with Crippen LogP contribution in [0.25, 0.3) is 0 Å². The predicted molar refractivity (Wildman–Crippen MR) is 120 cm³/mol. The van der Waals surface area contributed by atoms with Gasteiger partial charge >= 0.3 is 0 Å². The third-order valence-electron chi connectivity index (χ3n) is 4.68. The van der Waals surface area contributed by atoms with Gasteiger partial charge in [0.1, 0.15) is 0 Å². The molecule has 0 saturated carbocycles. The fourth-order valence-electron chi connectivity index (χ4n) is 3.01. The molecule has 2 aromatic rings. The summed E-state index contributed by atoms with van der Waals surface area (Å²) in [5.41, 5.74) is 0.425. The average molecular weight is 473 g/mol. The normalized spacial score (nSPS) is 15.5. The Balaban J connectivity index is 1.85. The highest BCUT2D eigenvalue weighted by atomic mass is 32.2. The van der Waals surface area contributed by atoms with Gasteiger partial charge in [0.15, 0.2) is 4.34 Å². The lowest BCUT2D eigenvalue weighted by atomic mass is 9.98. The van der Waals surface area contributed by atoms with Crippen molar-refractivity contribution in [2.24, 2.45) is 5.92 Å². The van der Waals surface area contributed by atoms with Gasteiger partial charge in [-0.05, 0) is 49.0 Å². The second-order valence-electron chi connectivity index (χ2n) is 6.75. The molecule has 1 amide bonds. The number of hydrogen-bond donors (Lipinski definition) is 1. The first kappa shape index (κ1) is 22.4. The number of piperidine rings is 1. The van der Waals surface area contributed by atoms with Crippen molar-refractivity contribution >= 4 is 55.9 Å². The van der Waals surface area contributed by atoms with Crippen molar-refractivity contribution in [2.45, 2.75) is 40.8 Å². The molecular weight excluding hydrogens is 448 g/mol. The molecule has 0 radical (unpaired) electrons. The van der Waals surface area contributed by atoms with E-state index in [1.807, 2.05) is 18.1 Å². The van der Waals surface area contributed by atoms with Crippen LogP contribution in [0.4, 0.5) is 5.13 Å². The molecule has 11 heteroatoms. The van der Waals surface area contributed by atoms with Crippen molar-refractivity contribution in [1.82, 2.24) is 15.1 Å². The van der Waals surface area contributed by atoms with Crippen LogP contribution < -0.4 is 4.72 Å². The predicted octanol–water partition coefficient (Wildman–Crippen LogP) is 4.04. The number of likely N-dealkylation sites (tertiary alicyclic amines) is 1. The highest BCUT2D eigenvalue weighted by Crippen LogP contribution is 2.29. The summed E-state index contributed by atoms with van der Waals surface area (Å²) in [5, 5.41) is 8.08. The summed E-state index contributed by atoms with van der Waals surface area (Å²) in [6.45, 7) is 5.58. The zero-order valence-electron chi connectivity index (χ0n) is 16.5. The van der Waals surface area contributed by atoms with Crippen LogP contribution in [-0.4, -0.2) is 54.5 Å². The second kappa shape index (κ2) is 9.67. The molecule has 3 rings (SSSR count). The number of carbonyl (C=O) groups excluding carboxylic acids is 1. The first-order valence-electron chi connectivity index (χ1n) is 9.30. The van der Waals surface area contributed by atoms with E-state index in [0.717, 1.165) is 23.5 Å². The van der Waals surface area contributed by atoms with E-state index in [-0.39, 0.29) is 15.9 Å². The highest BCUT2D eigenvalue weighted by Gasteiger charge is 2.26. The van der Waals surface area contributed by atoms with Crippen LogP contribution in [0.15, 0.2) is 32.3 Å². The molecule has 1 fully saturated rings. The first-order valence-corrected chi connectivity index (χ1v) is 13.8. The van der Waals surface area contributed by atoms with Crippen molar-refractivity contribution in [1.29, 1.82) is 0 Å². The molecule has 7 nitrogen and oxygen atoms in total. The number of carbonyl (C=O) groups is 1. The summed E-state index contributed by atoms with van der Waals surface area (Å²) in [5.74, 6) is 1.33. The SMILES string of the molecule is CCSc1nnc(NS(=O)(=O)c2ccc(SC)c(C(=O)N3CCC(C)CC3)c2)s1. The molecule has 0 unspecified atom stereocenters. The molecule has 1 N–H and O–H groups in total. The Kier molecular flexibility index (Phi) is 7.47. The van der Waals surface area contributed by atoms with Crippen LogP contribution in [0, 0.1) is 5.92 Å². The number of anilines is 1. The Morgan fingerprint density at radius 1 is 1.31 bits per heavy atom. The van der Waals surface area contributed by atoms with E-state index in [9.17, 15) is 13.2 Å². The molecule has 0 aliphatic carbocycles. The van der Waals surface area contributed by atoms with Gasteiger partial charge in [0.05, 0.1) is 10.5 Å². The van der Waals surface area contributed by atoms with Crippen LogP contribution in [0.2, 0.25) is 0 Å². The number of aromatic nitrogens is 2. The Morgan fingerprint density at radius 2 is 2.03 bits per heavy atom. The molecule has 1 aromatic heterocycles. The number of nitrogens with one attached hydrogen (secondary N) is 1. The van der Waals surface area contributed by atoms with Gasteiger partial charge in [0, 0.05) is 18.0 Å². The minimum atomic E-state index is -3.87. The number of rotatable bonds is 7. The van der Waals surface area contributed by atoms with Gasteiger partial charge in [-0.25, -0.2) is 8.42 Å². The van der Waals surface area contributed by atoms with Crippen LogP contribution in [0.3, 0.4) is 0 Å². The number of sulfonamides is 1. The van der Waals surface area contributed by atoms with E-state index in [2.05, 4.69) is 21.8 Å². The molecule has 29 heavy (non-hydrogen) atoms. The van der Waals surface area contributed by atoms with Crippen LogP contribution in [0.1, 0.15) is 37.0 Å². The molecule has 2 heterocycles. The van der Waals surface area contributed by atoms with Crippen molar-refractivity contribution < 1.29 is 13.2 Å². The van der Waals surface area contributed by atoms with Gasteiger partial charge in [-0.2, -0.15) is 0 Å². The Morgan fingerprint density at radius 3 is 2.69 bits per heavy atom. The van der Waals surface area contributed by atoms with Crippen molar-refractivity contribution in [3.8, 4) is 0 Å². The van der Waals surface area contributed by atoms with Crippen molar-refractivity contribution in [3.63, 3.8) is 0 Å². The number of thioether (sulfide) groups is 2. The summed E-state index contributed by atoms with van der Waals surface area (Å²) in [4.78, 5) is 15.7. The molecule has 158 valence electrons. The number of nitrogens with zero attached hydrogens (tertiary/aromatic N) is 3. The van der Waals surface area contributed by atoms with E-state index in [0.29, 0.717) is 28.9 Å². The molecule has 1 saturated heterocycles. The van der Waals surface area contributed by atoms with Crippen LogP contribution in [0.5, 0.6) is 0 Å². The minimum absolute atomic E-state index is 0.0453. The molecule has 0 bridgehead atoms. The fraction of sp³-hybridized carbons (Fsp3) is 0.500. The lowest BCUT2D eigenvalue weighted by Gasteiger charge is -2.30. The van der Waals surface area contributed by atoms with Gasteiger partial charge in [-0.1, -0.05) is 36.9 Å². The highest BCUT2D eigenvalue weighted by molar-refractivity contribution is 8.01. The van der Waals surface area contributed by atoms with E-state index < -0.39 is 10.0 Å². The monoisotopic (exact) mass is 472 g/mol.